The molecular weight excluding hydrogens is 414 g/mol. The predicted octanol–water partition coefficient (Wildman–Crippen LogP) is 3.86. The van der Waals surface area contributed by atoms with Crippen LogP contribution in [0.15, 0.2) is 66.7 Å². The number of aromatic amines is 1. The minimum absolute atomic E-state index is 0.0934. The zero-order chi connectivity index (χ0) is 22.8. The molecule has 2 heterocycles. The first-order valence-electron chi connectivity index (χ1n) is 11.1. The van der Waals surface area contributed by atoms with Crippen molar-refractivity contribution in [1.29, 1.82) is 0 Å². The molecule has 3 aromatic carbocycles. The normalized spacial score (nSPS) is 13.4. The van der Waals surface area contributed by atoms with Gasteiger partial charge in [-0.15, -0.1) is 0 Å². The molecule has 1 amide bonds. The molecular formula is C26H25N5O2. The van der Waals surface area contributed by atoms with Crippen molar-refractivity contribution in [2.45, 2.75) is 19.3 Å². The number of nitrogens with zero attached hydrogens (tertiary/aromatic N) is 2. The standard InChI is InChI=1S/C26H25N5O2/c27-30-26(33)20-6-4-19(5-7-20)25-28-22-12-3-17(15-23(22)29-25)16-24(32)18-8-10-21(11-9-18)31-13-1-2-14-31/h3-12,15H,1-2,13-14,16,27H2,(H,28,29)(H,30,33). The summed E-state index contributed by atoms with van der Waals surface area (Å²) >= 11 is 0. The van der Waals surface area contributed by atoms with Crippen LogP contribution in [0.1, 0.15) is 39.1 Å². The van der Waals surface area contributed by atoms with Crippen molar-refractivity contribution in [1.82, 2.24) is 15.4 Å². The summed E-state index contributed by atoms with van der Waals surface area (Å²) in [5.41, 5.74) is 7.98. The van der Waals surface area contributed by atoms with E-state index in [2.05, 4.69) is 20.3 Å². The fourth-order valence-corrected chi connectivity index (χ4v) is 4.29. The van der Waals surface area contributed by atoms with Gasteiger partial charge >= 0.3 is 0 Å². The minimum atomic E-state index is -0.342. The highest BCUT2D eigenvalue weighted by Crippen LogP contribution is 2.24. The third-order valence-electron chi connectivity index (χ3n) is 6.12. The maximum atomic E-state index is 12.8. The van der Waals surface area contributed by atoms with Crippen LogP contribution in [0.25, 0.3) is 22.4 Å². The zero-order valence-corrected chi connectivity index (χ0v) is 18.2. The molecule has 0 radical (unpaired) electrons. The molecule has 7 nitrogen and oxygen atoms in total. The topological polar surface area (TPSA) is 104 Å². The van der Waals surface area contributed by atoms with Crippen LogP contribution in [-0.2, 0) is 6.42 Å². The Morgan fingerprint density at radius 2 is 1.64 bits per heavy atom. The molecule has 1 saturated heterocycles. The lowest BCUT2D eigenvalue weighted by Crippen LogP contribution is -2.29. The average Bonchev–Trinajstić information content (AvgIpc) is 3.54. The van der Waals surface area contributed by atoms with Gasteiger partial charge in [0.25, 0.3) is 5.91 Å². The third kappa shape index (κ3) is 4.36. The molecule has 1 aliphatic heterocycles. The molecule has 0 atom stereocenters. The summed E-state index contributed by atoms with van der Waals surface area (Å²) in [4.78, 5) is 34.8. The number of anilines is 1. The number of nitrogens with one attached hydrogen (secondary N) is 2. The van der Waals surface area contributed by atoms with Crippen LogP contribution in [-0.4, -0.2) is 34.7 Å². The summed E-state index contributed by atoms with van der Waals surface area (Å²) in [5.74, 6) is 5.63. The Morgan fingerprint density at radius 3 is 2.33 bits per heavy atom. The number of Topliss-reactive ketones (excluding diaryl/α,β-unsaturated/α-hetero) is 1. The summed E-state index contributed by atoms with van der Waals surface area (Å²) in [6, 6.07) is 20.8. The molecule has 7 heteroatoms. The number of ketones is 1. The van der Waals surface area contributed by atoms with Gasteiger partial charge in [0, 0.05) is 41.9 Å². The van der Waals surface area contributed by atoms with Crippen molar-refractivity contribution in [3.05, 3.63) is 83.4 Å². The molecule has 0 unspecified atom stereocenters. The number of H-pyrrole nitrogens is 1. The first-order valence-corrected chi connectivity index (χ1v) is 11.1. The Balaban J connectivity index is 1.31. The number of carbonyl (C=O) groups excluding carboxylic acids is 2. The van der Waals surface area contributed by atoms with Crippen LogP contribution in [0.2, 0.25) is 0 Å². The van der Waals surface area contributed by atoms with Gasteiger partial charge in [0.1, 0.15) is 5.82 Å². The van der Waals surface area contributed by atoms with E-state index >= 15 is 0 Å². The molecule has 1 aromatic heterocycles. The molecule has 4 N–H and O–H groups in total. The second-order valence-electron chi connectivity index (χ2n) is 8.33. The van der Waals surface area contributed by atoms with Gasteiger partial charge in [0.15, 0.2) is 5.78 Å². The number of nitrogens with two attached hydrogens (primary N) is 1. The number of amides is 1. The summed E-state index contributed by atoms with van der Waals surface area (Å²) < 4.78 is 0. The lowest BCUT2D eigenvalue weighted by molar-refractivity contribution is 0.0952. The lowest BCUT2D eigenvalue weighted by atomic mass is 10.0. The Bertz CT molecular complexity index is 1300. The van der Waals surface area contributed by atoms with Gasteiger partial charge in [0.05, 0.1) is 11.0 Å². The maximum Gasteiger partial charge on any atom is 0.265 e. The van der Waals surface area contributed by atoms with Gasteiger partial charge in [-0.1, -0.05) is 18.2 Å². The summed E-state index contributed by atoms with van der Waals surface area (Å²) in [6.07, 6.45) is 2.79. The van der Waals surface area contributed by atoms with Crippen LogP contribution in [0, 0.1) is 0 Å². The SMILES string of the molecule is NNC(=O)c1ccc(-c2nc3ccc(CC(=O)c4ccc(N5CCCC5)cc4)cc3[nH]2)cc1. The average molecular weight is 440 g/mol. The molecule has 1 fully saturated rings. The summed E-state index contributed by atoms with van der Waals surface area (Å²) in [6.45, 7) is 2.18. The number of carbonyl (C=O) groups is 2. The molecule has 1 aliphatic rings. The highest BCUT2D eigenvalue weighted by molar-refractivity contribution is 5.98. The van der Waals surface area contributed by atoms with Gasteiger partial charge in [-0.05, 0) is 66.9 Å². The highest BCUT2D eigenvalue weighted by atomic mass is 16.2. The lowest BCUT2D eigenvalue weighted by Gasteiger charge is -2.17. The smallest absolute Gasteiger partial charge is 0.265 e. The van der Waals surface area contributed by atoms with E-state index in [0.717, 1.165) is 40.8 Å². The highest BCUT2D eigenvalue weighted by Gasteiger charge is 2.14. The number of hydrogen-bond donors (Lipinski definition) is 3. The van der Waals surface area contributed by atoms with Gasteiger partial charge in [0.2, 0.25) is 0 Å². The van der Waals surface area contributed by atoms with Crippen molar-refractivity contribution >= 4 is 28.4 Å². The molecule has 0 aliphatic carbocycles. The number of nitrogen functional groups attached to an aromatic ring is 1. The van der Waals surface area contributed by atoms with Crippen LogP contribution in [0.5, 0.6) is 0 Å². The number of rotatable bonds is 6. The van der Waals surface area contributed by atoms with Crippen LogP contribution >= 0.6 is 0 Å². The number of imidazole rings is 1. The third-order valence-corrected chi connectivity index (χ3v) is 6.12. The van der Waals surface area contributed by atoms with E-state index in [-0.39, 0.29) is 11.7 Å². The molecule has 0 spiro atoms. The van der Waals surface area contributed by atoms with Crippen LogP contribution in [0.4, 0.5) is 5.69 Å². The molecule has 33 heavy (non-hydrogen) atoms. The fraction of sp³-hybridized carbons (Fsp3) is 0.192. The van der Waals surface area contributed by atoms with Crippen molar-refractivity contribution in [2.24, 2.45) is 5.84 Å². The van der Waals surface area contributed by atoms with E-state index in [1.165, 1.54) is 18.5 Å². The monoisotopic (exact) mass is 439 g/mol. The Kier molecular flexibility index (Phi) is 5.62. The minimum Gasteiger partial charge on any atom is -0.372 e. The quantitative estimate of drug-likeness (QED) is 0.183. The molecule has 0 saturated carbocycles. The largest absolute Gasteiger partial charge is 0.372 e. The van der Waals surface area contributed by atoms with E-state index in [1.807, 2.05) is 54.6 Å². The molecule has 0 bridgehead atoms. The van der Waals surface area contributed by atoms with Crippen molar-refractivity contribution in [3.8, 4) is 11.4 Å². The van der Waals surface area contributed by atoms with E-state index in [9.17, 15) is 9.59 Å². The number of hydrazine groups is 1. The Labute approximate surface area is 191 Å². The number of hydrogen-bond acceptors (Lipinski definition) is 5. The maximum absolute atomic E-state index is 12.8. The molecule has 4 aromatic rings. The summed E-state index contributed by atoms with van der Waals surface area (Å²) in [5, 5.41) is 0. The van der Waals surface area contributed by atoms with E-state index in [0.29, 0.717) is 17.8 Å². The number of aromatic nitrogens is 2. The van der Waals surface area contributed by atoms with E-state index < -0.39 is 0 Å². The van der Waals surface area contributed by atoms with Gasteiger partial charge in [-0.2, -0.15) is 0 Å². The Morgan fingerprint density at radius 1 is 0.939 bits per heavy atom. The molecule has 5 rings (SSSR count). The second kappa shape index (κ2) is 8.88. The summed E-state index contributed by atoms with van der Waals surface area (Å²) in [7, 11) is 0. The van der Waals surface area contributed by atoms with Gasteiger partial charge < -0.3 is 9.88 Å². The zero-order valence-electron chi connectivity index (χ0n) is 18.2. The van der Waals surface area contributed by atoms with Crippen LogP contribution in [0.3, 0.4) is 0 Å². The van der Waals surface area contributed by atoms with Gasteiger partial charge in [-0.25, -0.2) is 10.8 Å². The van der Waals surface area contributed by atoms with Crippen LogP contribution < -0.4 is 16.2 Å². The van der Waals surface area contributed by atoms with Gasteiger partial charge in [-0.3, -0.25) is 15.0 Å². The van der Waals surface area contributed by atoms with E-state index in [1.54, 1.807) is 12.1 Å². The predicted molar refractivity (Wildman–Crippen MR) is 129 cm³/mol. The van der Waals surface area contributed by atoms with Crippen molar-refractivity contribution in [2.75, 3.05) is 18.0 Å². The first kappa shape index (κ1) is 20.9. The van der Waals surface area contributed by atoms with Crippen molar-refractivity contribution in [3.63, 3.8) is 0 Å². The fourth-order valence-electron chi connectivity index (χ4n) is 4.29. The number of fused-ring (bicyclic) bond motifs is 1. The second-order valence-corrected chi connectivity index (χ2v) is 8.33. The first-order chi connectivity index (χ1) is 16.1. The van der Waals surface area contributed by atoms with E-state index in [4.69, 9.17) is 5.84 Å². The molecule has 166 valence electrons. The van der Waals surface area contributed by atoms with Crippen molar-refractivity contribution < 1.29 is 9.59 Å². The number of benzene rings is 3. The Hall–Kier alpha value is -3.97.